The van der Waals surface area contributed by atoms with Gasteiger partial charge in [0.15, 0.2) is 6.29 Å². The lowest BCUT2D eigenvalue weighted by Gasteiger charge is -2.06. The number of halogens is 1. The number of nitrogens with zero attached hydrogens (tertiary/aromatic N) is 2. The van der Waals surface area contributed by atoms with E-state index in [0.717, 1.165) is 49.7 Å². The minimum absolute atomic E-state index is 0.643. The van der Waals surface area contributed by atoms with Gasteiger partial charge in [-0.3, -0.25) is 4.79 Å². The lowest BCUT2D eigenvalue weighted by molar-refractivity contribution is 0.112. The second kappa shape index (κ2) is 6.47. The highest BCUT2D eigenvalue weighted by atomic mass is 35.5. The zero-order chi connectivity index (χ0) is 17.4. The molecule has 0 N–H and O–H groups in total. The molecule has 4 aromatic rings. The molecule has 5 heteroatoms. The van der Waals surface area contributed by atoms with Crippen LogP contribution in [-0.4, -0.2) is 15.8 Å². The van der Waals surface area contributed by atoms with E-state index in [1.807, 2.05) is 55.5 Å². The van der Waals surface area contributed by atoms with Gasteiger partial charge in [0, 0.05) is 38.1 Å². The van der Waals surface area contributed by atoms with E-state index in [4.69, 9.17) is 16.6 Å². The second-order valence-corrected chi connectivity index (χ2v) is 7.17. The van der Waals surface area contributed by atoms with Gasteiger partial charge in [0.2, 0.25) is 0 Å². The highest BCUT2D eigenvalue weighted by Gasteiger charge is 2.14. The molecule has 2 heterocycles. The summed E-state index contributed by atoms with van der Waals surface area (Å²) in [4.78, 5) is 16.2. The van der Waals surface area contributed by atoms with E-state index < -0.39 is 0 Å². The van der Waals surface area contributed by atoms with Crippen LogP contribution in [0.4, 0.5) is 0 Å². The van der Waals surface area contributed by atoms with Gasteiger partial charge in [0.1, 0.15) is 5.01 Å². The number of aldehydes is 1. The molecule has 0 aliphatic heterocycles. The summed E-state index contributed by atoms with van der Waals surface area (Å²) >= 11 is 7.57. The molecule has 4 rings (SSSR count). The second-order valence-electron chi connectivity index (χ2n) is 5.87. The average Bonchev–Trinajstić information content (AvgIpc) is 3.19. The van der Waals surface area contributed by atoms with Gasteiger partial charge in [-0.05, 0) is 25.1 Å². The Kier molecular flexibility index (Phi) is 4.15. The fourth-order valence-electron chi connectivity index (χ4n) is 3.08. The normalized spacial score (nSPS) is 11.1. The number of para-hydroxylation sites is 1. The maximum absolute atomic E-state index is 11.5. The van der Waals surface area contributed by atoms with Gasteiger partial charge in [-0.1, -0.05) is 41.9 Å². The van der Waals surface area contributed by atoms with Crippen molar-refractivity contribution in [3.05, 3.63) is 75.9 Å². The first-order chi connectivity index (χ1) is 12.2. The molecule has 0 fully saturated rings. The quantitative estimate of drug-likeness (QED) is 0.441. The Hall–Kier alpha value is -2.43. The fourth-order valence-corrected chi connectivity index (χ4v) is 4.02. The van der Waals surface area contributed by atoms with Crippen molar-refractivity contribution in [2.75, 3.05) is 0 Å². The van der Waals surface area contributed by atoms with E-state index in [9.17, 15) is 4.79 Å². The molecule has 124 valence electrons. The predicted octanol–water partition coefficient (Wildman–Crippen LogP) is 5.59. The lowest BCUT2D eigenvalue weighted by atomic mass is 10.1. The van der Waals surface area contributed by atoms with Crippen LogP contribution in [0, 0.1) is 6.92 Å². The molecule has 0 bridgehead atoms. The molecule has 0 amide bonds. The van der Waals surface area contributed by atoms with Crippen LogP contribution in [0.1, 0.15) is 21.7 Å². The number of fused-ring (bicyclic) bond motifs is 1. The van der Waals surface area contributed by atoms with E-state index in [0.29, 0.717) is 6.54 Å². The van der Waals surface area contributed by atoms with Gasteiger partial charge < -0.3 is 4.57 Å². The molecule has 2 aromatic heterocycles. The number of hydrogen-bond acceptors (Lipinski definition) is 3. The van der Waals surface area contributed by atoms with Crippen molar-refractivity contribution < 1.29 is 4.79 Å². The molecule has 3 nitrogen and oxygen atoms in total. The number of thiazole rings is 1. The van der Waals surface area contributed by atoms with Gasteiger partial charge in [0.05, 0.1) is 12.2 Å². The van der Waals surface area contributed by atoms with Crippen LogP contribution < -0.4 is 0 Å². The van der Waals surface area contributed by atoms with Gasteiger partial charge in [-0.25, -0.2) is 4.98 Å². The number of aromatic nitrogens is 2. The van der Waals surface area contributed by atoms with Crippen LogP contribution in [0.25, 0.3) is 21.5 Å². The molecule has 0 atom stereocenters. The Balaban J connectivity index is 1.72. The average molecular weight is 367 g/mol. The van der Waals surface area contributed by atoms with E-state index >= 15 is 0 Å². The Morgan fingerprint density at radius 2 is 1.92 bits per heavy atom. The molecule has 25 heavy (non-hydrogen) atoms. The van der Waals surface area contributed by atoms with Crippen molar-refractivity contribution in [2.45, 2.75) is 13.5 Å². The number of hydrogen-bond donors (Lipinski definition) is 0. The summed E-state index contributed by atoms with van der Waals surface area (Å²) in [7, 11) is 0. The first-order valence-electron chi connectivity index (χ1n) is 7.90. The van der Waals surface area contributed by atoms with Crippen molar-refractivity contribution in [1.29, 1.82) is 0 Å². The smallest absolute Gasteiger partial charge is 0.152 e. The molecule has 2 aromatic carbocycles. The highest BCUT2D eigenvalue weighted by molar-refractivity contribution is 7.13. The Morgan fingerprint density at radius 3 is 2.68 bits per heavy atom. The SMILES string of the molecule is Cc1c(C=O)c2ccccc2n1Cc1csc(-c2ccc(Cl)cc2)n1. The molecule has 0 unspecified atom stereocenters. The van der Waals surface area contributed by atoms with Gasteiger partial charge >= 0.3 is 0 Å². The van der Waals surface area contributed by atoms with Crippen LogP contribution in [0.3, 0.4) is 0 Å². The molecular formula is C20H15ClN2OS. The van der Waals surface area contributed by atoms with Crippen LogP contribution >= 0.6 is 22.9 Å². The third kappa shape index (κ3) is 2.88. The Morgan fingerprint density at radius 1 is 1.16 bits per heavy atom. The summed E-state index contributed by atoms with van der Waals surface area (Å²) in [5.74, 6) is 0. The predicted molar refractivity (Wildman–Crippen MR) is 104 cm³/mol. The van der Waals surface area contributed by atoms with Gasteiger partial charge in [-0.15, -0.1) is 11.3 Å². The van der Waals surface area contributed by atoms with Crippen molar-refractivity contribution in [3.63, 3.8) is 0 Å². The summed E-state index contributed by atoms with van der Waals surface area (Å²) in [6.07, 6.45) is 0.939. The summed E-state index contributed by atoms with van der Waals surface area (Å²) < 4.78 is 2.15. The van der Waals surface area contributed by atoms with Crippen molar-refractivity contribution in [3.8, 4) is 10.6 Å². The van der Waals surface area contributed by atoms with Crippen LogP contribution in [0.15, 0.2) is 53.9 Å². The van der Waals surface area contributed by atoms with Crippen molar-refractivity contribution >= 4 is 40.1 Å². The van der Waals surface area contributed by atoms with E-state index in [2.05, 4.69) is 9.95 Å². The third-order valence-electron chi connectivity index (χ3n) is 4.36. The number of carbonyl (C=O) groups excluding carboxylic acids is 1. The number of carbonyl (C=O) groups is 1. The Labute approximate surface area is 154 Å². The number of benzene rings is 2. The first-order valence-corrected chi connectivity index (χ1v) is 9.16. The zero-order valence-corrected chi connectivity index (χ0v) is 15.1. The van der Waals surface area contributed by atoms with Crippen LogP contribution in [0.5, 0.6) is 0 Å². The molecule has 0 aliphatic carbocycles. The van der Waals surface area contributed by atoms with Gasteiger partial charge in [0.25, 0.3) is 0 Å². The van der Waals surface area contributed by atoms with E-state index in [1.54, 1.807) is 11.3 Å². The summed E-state index contributed by atoms with van der Waals surface area (Å²) in [5, 5.41) is 4.74. The number of rotatable bonds is 4. The van der Waals surface area contributed by atoms with E-state index in [-0.39, 0.29) is 0 Å². The Bertz CT molecular complexity index is 1060. The minimum Gasteiger partial charge on any atom is -0.338 e. The van der Waals surface area contributed by atoms with Crippen molar-refractivity contribution in [1.82, 2.24) is 9.55 Å². The molecule has 0 aliphatic rings. The molecule has 0 saturated carbocycles. The minimum atomic E-state index is 0.643. The maximum Gasteiger partial charge on any atom is 0.152 e. The monoisotopic (exact) mass is 366 g/mol. The standard InChI is InChI=1S/C20H15ClN2OS/c1-13-18(11-24)17-4-2-3-5-19(17)23(13)10-16-12-25-20(22-16)14-6-8-15(21)9-7-14/h2-9,11-12H,10H2,1H3. The summed E-state index contributed by atoms with van der Waals surface area (Å²) in [5.41, 5.74) is 4.82. The van der Waals surface area contributed by atoms with E-state index in [1.165, 1.54) is 0 Å². The van der Waals surface area contributed by atoms with Crippen LogP contribution in [-0.2, 0) is 6.54 Å². The van der Waals surface area contributed by atoms with Gasteiger partial charge in [-0.2, -0.15) is 0 Å². The maximum atomic E-state index is 11.5. The van der Waals surface area contributed by atoms with Crippen molar-refractivity contribution in [2.24, 2.45) is 0 Å². The lowest BCUT2D eigenvalue weighted by Crippen LogP contribution is -2.02. The first kappa shape index (κ1) is 16.1. The molecule has 0 saturated heterocycles. The topological polar surface area (TPSA) is 34.9 Å². The molecule has 0 spiro atoms. The highest BCUT2D eigenvalue weighted by Crippen LogP contribution is 2.28. The van der Waals surface area contributed by atoms with Crippen LogP contribution in [0.2, 0.25) is 5.02 Å². The zero-order valence-electron chi connectivity index (χ0n) is 13.6. The summed E-state index contributed by atoms with van der Waals surface area (Å²) in [6, 6.07) is 15.7. The molecule has 0 radical (unpaired) electrons. The third-order valence-corrected chi connectivity index (χ3v) is 5.55. The molecular weight excluding hydrogens is 352 g/mol. The fraction of sp³-hybridized carbons (Fsp3) is 0.100. The largest absolute Gasteiger partial charge is 0.338 e. The summed E-state index contributed by atoms with van der Waals surface area (Å²) in [6.45, 7) is 2.63.